The van der Waals surface area contributed by atoms with E-state index in [2.05, 4.69) is 15.0 Å². The lowest BCUT2D eigenvalue weighted by atomic mass is 10.3. The van der Waals surface area contributed by atoms with E-state index in [1.165, 1.54) is 11.8 Å². The van der Waals surface area contributed by atoms with Crippen molar-refractivity contribution in [3.8, 4) is 5.88 Å². The maximum atomic E-state index is 10.6. The van der Waals surface area contributed by atoms with E-state index in [0.29, 0.717) is 22.4 Å². The highest BCUT2D eigenvalue weighted by Crippen LogP contribution is 2.25. The largest absolute Gasteiger partial charge is 0.480 e. The molecule has 1 N–H and O–H groups in total. The highest BCUT2D eigenvalue weighted by atomic mass is 32.2. The van der Waals surface area contributed by atoms with Crippen LogP contribution >= 0.6 is 11.8 Å². The second-order valence-electron chi connectivity index (χ2n) is 2.82. The maximum absolute atomic E-state index is 10.6. The summed E-state index contributed by atoms with van der Waals surface area (Å²) in [6.45, 7) is 0. The number of carbonyl (C=O) groups excluding carboxylic acids is 1. The van der Waals surface area contributed by atoms with Gasteiger partial charge in [0.25, 0.3) is 0 Å². The van der Waals surface area contributed by atoms with Crippen LogP contribution in [0.3, 0.4) is 0 Å². The van der Waals surface area contributed by atoms with Crippen LogP contribution in [0.4, 0.5) is 0 Å². The number of ether oxygens (including phenoxy) is 1. The van der Waals surface area contributed by atoms with Gasteiger partial charge in [-0.25, -0.2) is 4.98 Å². The number of methoxy groups -OCH3 is 1. The number of aromatic nitrogens is 3. The average Bonchev–Trinajstić information content (AvgIpc) is 2.70. The average molecular weight is 223 g/mol. The van der Waals surface area contributed by atoms with Crippen LogP contribution < -0.4 is 4.74 Å². The molecule has 0 aliphatic rings. The van der Waals surface area contributed by atoms with Crippen LogP contribution in [-0.4, -0.2) is 34.6 Å². The number of H-pyrrole nitrogens is 1. The first-order valence-corrected chi connectivity index (χ1v) is 5.45. The van der Waals surface area contributed by atoms with E-state index in [0.717, 1.165) is 11.7 Å². The van der Waals surface area contributed by atoms with Gasteiger partial charge in [-0.15, -0.1) is 0 Å². The summed E-state index contributed by atoms with van der Waals surface area (Å²) in [6, 6.07) is 1.67. The minimum atomic E-state index is 0.468. The maximum Gasteiger partial charge on any atom is 0.226 e. The Hall–Kier alpha value is -1.56. The number of rotatable bonds is 3. The van der Waals surface area contributed by atoms with Gasteiger partial charge in [0.1, 0.15) is 5.65 Å². The summed E-state index contributed by atoms with van der Waals surface area (Å²) in [5.74, 6) is 0.480. The van der Waals surface area contributed by atoms with Gasteiger partial charge in [-0.05, 0) is 12.3 Å². The normalized spacial score (nSPS) is 10.5. The molecule has 2 aromatic heterocycles. The molecule has 0 unspecified atom stereocenters. The number of nitrogens with one attached hydrogen (secondary N) is 1. The second kappa shape index (κ2) is 3.90. The molecule has 78 valence electrons. The van der Waals surface area contributed by atoms with Gasteiger partial charge in [-0.2, -0.15) is 4.98 Å². The van der Waals surface area contributed by atoms with Crippen molar-refractivity contribution in [2.24, 2.45) is 0 Å². The molecule has 2 heterocycles. The van der Waals surface area contributed by atoms with E-state index in [9.17, 15) is 4.79 Å². The molecule has 0 aliphatic heterocycles. The van der Waals surface area contributed by atoms with E-state index in [1.807, 2.05) is 6.26 Å². The van der Waals surface area contributed by atoms with Crippen LogP contribution in [0.5, 0.6) is 5.88 Å². The third-order valence-corrected chi connectivity index (χ3v) is 2.50. The van der Waals surface area contributed by atoms with Crippen molar-refractivity contribution in [1.82, 2.24) is 15.0 Å². The number of nitrogens with zero attached hydrogens (tertiary/aromatic N) is 2. The Morgan fingerprint density at radius 1 is 1.53 bits per heavy atom. The molecular weight excluding hydrogens is 214 g/mol. The van der Waals surface area contributed by atoms with Crippen molar-refractivity contribution < 1.29 is 9.53 Å². The van der Waals surface area contributed by atoms with Crippen LogP contribution in [0, 0.1) is 0 Å². The Labute approximate surface area is 90.3 Å². The predicted molar refractivity (Wildman–Crippen MR) is 57.6 cm³/mol. The van der Waals surface area contributed by atoms with Crippen molar-refractivity contribution in [3.05, 3.63) is 11.8 Å². The summed E-state index contributed by atoms with van der Waals surface area (Å²) in [5, 5.41) is 1.33. The van der Waals surface area contributed by atoms with Crippen LogP contribution in [0.15, 0.2) is 11.2 Å². The monoisotopic (exact) mass is 223 g/mol. The lowest BCUT2D eigenvalue weighted by Crippen LogP contribution is -1.93. The summed E-state index contributed by atoms with van der Waals surface area (Å²) in [6.07, 6.45) is 2.62. The number of fused-ring (bicyclic) bond motifs is 1. The summed E-state index contributed by atoms with van der Waals surface area (Å²) in [7, 11) is 1.54. The summed E-state index contributed by atoms with van der Waals surface area (Å²) < 4.78 is 5.13. The molecule has 0 aliphatic carbocycles. The molecule has 15 heavy (non-hydrogen) atoms. The molecule has 5 nitrogen and oxygen atoms in total. The van der Waals surface area contributed by atoms with Crippen molar-refractivity contribution in [3.63, 3.8) is 0 Å². The van der Waals surface area contributed by atoms with Crippen LogP contribution in [-0.2, 0) is 0 Å². The Balaban J connectivity index is 2.71. The summed E-state index contributed by atoms with van der Waals surface area (Å²) in [5.41, 5.74) is 1.09. The highest BCUT2D eigenvalue weighted by Gasteiger charge is 2.10. The third-order valence-electron chi connectivity index (χ3n) is 1.96. The van der Waals surface area contributed by atoms with Gasteiger partial charge >= 0.3 is 0 Å². The molecule has 0 saturated carbocycles. The van der Waals surface area contributed by atoms with Gasteiger partial charge in [0.15, 0.2) is 11.4 Å². The Morgan fingerprint density at radius 2 is 2.33 bits per heavy atom. The van der Waals surface area contributed by atoms with E-state index in [-0.39, 0.29) is 0 Å². The molecule has 0 radical (unpaired) electrons. The molecular formula is C9H9N3O2S. The Kier molecular flexibility index (Phi) is 2.59. The van der Waals surface area contributed by atoms with E-state index in [1.54, 1.807) is 13.2 Å². The number of hydrogen-bond acceptors (Lipinski definition) is 5. The molecule has 2 rings (SSSR count). The fourth-order valence-corrected chi connectivity index (χ4v) is 1.65. The van der Waals surface area contributed by atoms with E-state index >= 15 is 0 Å². The number of carbonyl (C=O) groups is 1. The summed E-state index contributed by atoms with van der Waals surface area (Å²) in [4.78, 5) is 21.9. The van der Waals surface area contributed by atoms with Crippen LogP contribution in [0.1, 0.15) is 10.5 Å². The lowest BCUT2D eigenvalue weighted by Gasteiger charge is -2.01. The number of aromatic amines is 1. The molecule has 6 heteroatoms. The van der Waals surface area contributed by atoms with E-state index < -0.39 is 0 Å². The minimum Gasteiger partial charge on any atom is -0.480 e. The van der Waals surface area contributed by atoms with Gasteiger partial charge in [0.2, 0.25) is 5.88 Å². The van der Waals surface area contributed by atoms with Gasteiger partial charge in [-0.1, -0.05) is 11.8 Å². The highest BCUT2D eigenvalue weighted by molar-refractivity contribution is 7.98. The minimum absolute atomic E-state index is 0.468. The zero-order valence-corrected chi connectivity index (χ0v) is 9.09. The molecule has 0 bridgehead atoms. The first kappa shape index (κ1) is 9.97. The molecule has 2 aromatic rings. The smallest absolute Gasteiger partial charge is 0.226 e. The topological polar surface area (TPSA) is 67.9 Å². The van der Waals surface area contributed by atoms with Crippen LogP contribution in [0.2, 0.25) is 0 Å². The molecule has 0 saturated heterocycles. The predicted octanol–water partition coefficient (Wildman–Crippen LogP) is 1.50. The first-order chi connectivity index (χ1) is 7.28. The second-order valence-corrected chi connectivity index (χ2v) is 3.60. The number of aldehydes is 1. The van der Waals surface area contributed by atoms with Crippen LogP contribution in [0.25, 0.3) is 11.0 Å². The quantitative estimate of drug-likeness (QED) is 0.485. The van der Waals surface area contributed by atoms with Crippen molar-refractivity contribution in [1.29, 1.82) is 0 Å². The zero-order chi connectivity index (χ0) is 10.8. The molecule has 0 atom stereocenters. The molecule has 0 amide bonds. The fourth-order valence-electron chi connectivity index (χ4n) is 1.29. The lowest BCUT2D eigenvalue weighted by molar-refractivity contribution is 0.112. The van der Waals surface area contributed by atoms with Gasteiger partial charge in [-0.3, -0.25) is 4.79 Å². The van der Waals surface area contributed by atoms with Gasteiger partial charge in [0, 0.05) is 0 Å². The fraction of sp³-hybridized carbons (Fsp3) is 0.222. The summed E-state index contributed by atoms with van der Waals surface area (Å²) >= 11 is 1.42. The van der Waals surface area contributed by atoms with Gasteiger partial charge in [0.05, 0.1) is 18.2 Å². The van der Waals surface area contributed by atoms with Crippen molar-refractivity contribution in [2.45, 2.75) is 5.16 Å². The number of thioether (sulfide) groups is 1. The standard InChI is InChI=1S/C9H9N3O2S/c1-14-8-6-3-5(4-13)10-7(6)11-9(12-8)15-2/h3-4H,1-2H3,(H,10,11,12). The first-order valence-electron chi connectivity index (χ1n) is 4.22. The van der Waals surface area contributed by atoms with Crippen molar-refractivity contribution in [2.75, 3.05) is 13.4 Å². The van der Waals surface area contributed by atoms with Gasteiger partial charge < -0.3 is 9.72 Å². The van der Waals surface area contributed by atoms with Crippen molar-refractivity contribution >= 4 is 29.1 Å². The number of hydrogen-bond donors (Lipinski definition) is 1. The zero-order valence-electron chi connectivity index (χ0n) is 8.27. The third kappa shape index (κ3) is 1.68. The molecule has 0 fully saturated rings. The molecule has 0 aromatic carbocycles. The van der Waals surface area contributed by atoms with E-state index in [4.69, 9.17) is 4.74 Å². The molecule has 0 spiro atoms. The Bertz CT molecular complexity index is 509. The SMILES string of the molecule is COc1nc(SC)nc2[nH]c(C=O)cc12. The Morgan fingerprint density at radius 3 is 2.93 bits per heavy atom.